The number of piperidine rings is 1. The van der Waals surface area contributed by atoms with E-state index in [1.807, 2.05) is 18.7 Å². The molecule has 2 rings (SSSR count). The van der Waals surface area contributed by atoms with Gasteiger partial charge in [-0.3, -0.25) is 9.59 Å². The summed E-state index contributed by atoms with van der Waals surface area (Å²) in [7, 11) is 0. The smallest absolute Gasteiger partial charge is 0.258 e. The van der Waals surface area contributed by atoms with E-state index in [4.69, 9.17) is 16.3 Å². The third-order valence-electron chi connectivity index (χ3n) is 4.19. The summed E-state index contributed by atoms with van der Waals surface area (Å²) in [5.74, 6) is 0.623. The zero-order chi connectivity index (χ0) is 18.2. The SMILES string of the molecule is CC(C)C[C@@H](NC(=O)COc1ccc(Cl)cc1)C(=O)N1CCCCC1. The average molecular weight is 367 g/mol. The molecule has 1 saturated heterocycles. The van der Waals surface area contributed by atoms with Gasteiger partial charge < -0.3 is 15.0 Å². The van der Waals surface area contributed by atoms with Crippen molar-refractivity contribution in [1.29, 1.82) is 0 Å². The number of rotatable bonds is 7. The minimum Gasteiger partial charge on any atom is -0.484 e. The van der Waals surface area contributed by atoms with Gasteiger partial charge in [0.05, 0.1) is 0 Å². The summed E-state index contributed by atoms with van der Waals surface area (Å²) in [6.07, 6.45) is 3.86. The van der Waals surface area contributed by atoms with Crippen LogP contribution >= 0.6 is 11.6 Å². The van der Waals surface area contributed by atoms with Crippen molar-refractivity contribution in [3.05, 3.63) is 29.3 Å². The molecule has 1 aromatic rings. The van der Waals surface area contributed by atoms with E-state index in [1.165, 1.54) is 6.42 Å². The molecule has 0 spiro atoms. The summed E-state index contributed by atoms with van der Waals surface area (Å²) in [5, 5.41) is 3.46. The van der Waals surface area contributed by atoms with Crippen LogP contribution in [0.1, 0.15) is 39.5 Å². The Morgan fingerprint density at radius 2 is 1.80 bits per heavy atom. The molecule has 1 atom stereocenters. The van der Waals surface area contributed by atoms with Crippen LogP contribution in [0.5, 0.6) is 5.75 Å². The molecule has 138 valence electrons. The minimum absolute atomic E-state index is 0.0215. The van der Waals surface area contributed by atoms with Gasteiger partial charge >= 0.3 is 0 Å². The number of hydrogen-bond donors (Lipinski definition) is 1. The van der Waals surface area contributed by atoms with Gasteiger partial charge in [0.2, 0.25) is 5.91 Å². The van der Waals surface area contributed by atoms with Crippen molar-refractivity contribution in [1.82, 2.24) is 10.2 Å². The summed E-state index contributed by atoms with van der Waals surface area (Å²) in [4.78, 5) is 26.8. The van der Waals surface area contributed by atoms with Crippen molar-refractivity contribution < 1.29 is 14.3 Å². The first-order valence-corrected chi connectivity index (χ1v) is 9.30. The number of ether oxygens (including phenoxy) is 1. The van der Waals surface area contributed by atoms with Crippen LogP contribution in [0.4, 0.5) is 0 Å². The van der Waals surface area contributed by atoms with Gasteiger partial charge in [0, 0.05) is 18.1 Å². The summed E-state index contributed by atoms with van der Waals surface area (Å²) < 4.78 is 5.46. The van der Waals surface area contributed by atoms with E-state index in [1.54, 1.807) is 24.3 Å². The predicted molar refractivity (Wildman–Crippen MR) is 98.8 cm³/mol. The molecule has 1 aliphatic rings. The zero-order valence-electron chi connectivity index (χ0n) is 15.0. The Bertz CT molecular complexity index is 569. The van der Waals surface area contributed by atoms with E-state index in [0.717, 1.165) is 25.9 Å². The van der Waals surface area contributed by atoms with E-state index in [0.29, 0.717) is 23.1 Å². The zero-order valence-corrected chi connectivity index (χ0v) is 15.7. The molecule has 5 nitrogen and oxygen atoms in total. The molecule has 0 bridgehead atoms. The number of amides is 2. The monoisotopic (exact) mass is 366 g/mol. The summed E-state index contributed by atoms with van der Waals surface area (Å²) in [6, 6.07) is 6.34. The van der Waals surface area contributed by atoms with Crippen LogP contribution in [0.15, 0.2) is 24.3 Å². The number of hydrogen-bond acceptors (Lipinski definition) is 3. The van der Waals surface area contributed by atoms with Crippen LogP contribution in [0.3, 0.4) is 0 Å². The van der Waals surface area contributed by atoms with E-state index in [2.05, 4.69) is 5.32 Å². The van der Waals surface area contributed by atoms with Crippen molar-refractivity contribution in [2.24, 2.45) is 5.92 Å². The van der Waals surface area contributed by atoms with Crippen molar-refractivity contribution in [2.75, 3.05) is 19.7 Å². The minimum atomic E-state index is -0.487. The molecule has 6 heteroatoms. The first kappa shape index (κ1) is 19.6. The third-order valence-corrected chi connectivity index (χ3v) is 4.44. The van der Waals surface area contributed by atoms with Crippen molar-refractivity contribution in [3.63, 3.8) is 0 Å². The number of likely N-dealkylation sites (tertiary alicyclic amines) is 1. The fourth-order valence-electron chi connectivity index (χ4n) is 2.94. The lowest BCUT2D eigenvalue weighted by Crippen LogP contribution is -2.51. The van der Waals surface area contributed by atoms with E-state index < -0.39 is 6.04 Å². The van der Waals surface area contributed by atoms with E-state index in [9.17, 15) is 9.59 Å². The molecule has 0 aromatic heterocycles. The maximum atomic E-state index is 12.7. The van der Waals surface area contributed by atoms with E-state index in [-0.39, 0.29) is 18.4 Å². The van der Waals surface area contributed by atoms with Crippen molar-refractivity contribution in [3.8, 4) is 5.75 Å². The average Bonchev–Trinajstić information content (AvgIpc) is 2.60. The molecule has 1 fully saturated rings. The Kier molecular flexibility index (Phi) is 7.56. The van der Waals surface area contributed by atoms with Crippen LogP contribution in [0.2, 0.25) is 5.02 Å². The van der Waals surface area contributed by atoms with Crippen LogP contribution in [0.25, 0.3) is 0 Å². The van der Waals surface area contributed by atoms with Gasteiger partial charge in [0.1, 0.15) is 11.8 Å². The Balaban J connectivity index is 1.89. The number of nitrogens with one attached hydrogen (secondary N) is 1. The molecular weight excluding hydrogens is 340 g/mol. The van der Waals surface area contributed by atoms with E-state index >= 15 is 0 Å². The molecular formula is C19H27ClN2O3. The van der Waals surface area contributed by atoms with Crippen molar-refractivity contribution >= 4 is 23.4 Å². The highest BCUT2D eigenvalue weighted by Crippen LogP contribution is 2.16. The highest BCUT2D eigenvalue weighted by Gasteiger charge is 2.27. The molecule has 1 N–H and O–H groups in total. The second-order valence-electron chi connectivity index (χ2n) is 6.88. The van der Waals surface area contributed by atoms with Gasteiger partial charge in [-0.2, -0.15) is 0 Å². The lowest BCUT2D eigenvalue weighted by atomic mass is 10.0. The molecule has 0 aliphatic carbocycles. The first-order chi connectivity index (χ1) is 12.0. The van der Waals surface area contributed by atoms with Crippen molar-refractivity contribution in [2.45, 2.75) is 45.6 Å². The Labute approximate surface area is 154 Å². The molecule has 1 heterocycles. The first-order valence-electron chi connectivity index (χ1n) is 8.92. The topological polar surface area (TPSA) is 58.6 Å². The lowest BCUT2D eigenvalue weighted by Gasteiger charge is -2.31. The second-order valence-corrected chi connectivity index (χ2v) is 7.31. The van der Waals surface area contributed by atoms with Gasteiger partial charge in [-0.05, 0) is 55.9 Å². The summed E-state index contributed by atoms with van der Waals surface area (Å²) in [6.45, 7) is 5.54. The molecule has 25 heavy (non-hydrogen) atoms. The van der Waals surface area contributed by atoms with Gasteiger partial charge in [0.15, 0.2) is 6.61 Å². The van der Waals surface area contributed by atoms with Gasteiger partial charge in [0.25, 0.3) is 5.91 Å². The second kappa shape index (κ2) is 9.66. The highest BCUT2D eigenvalue weighted by atomic mass is 35.5. The lowest BCUT2D eigenvalue weighted by molar-refractivity contribution is -0.138. The number of benzene rings is 1. The molecule has 0 unspecified atom stereocenters. The third kappa shape index (κ3) is 6.58. The summed E-state index contributed by atoms with van der Waals surface area (Å²) in [5.41, 5.74) is 0. The van der Waals surface area contributed by atoms with Crippen LogP contribution < -0.4 is 10.1 Å². The molecule has 2 amide bonds. The highest BCUT2D eigenvalue weighted by molar-refractivity contribution is 6.30. The maximum Gasteiger partial charge on any atom is 0.258 e. The van der Waals surface area contributed by atoms with Crippen LogP contribution in [-0.2, 0) is 9.59 Å². The quantitative estimate of drug-likeness (QED) is 0.805. The standard InChI is InChI=1S/C19H27ClN2O3/c1-14(2)12-17(19(24)22-10-4-3-5-11-22)21-18(23)13-25-16-8-6-15(20)7-9-16/h6-9,14,17H,3-5,10-13H2,1-2H3,(H,21,23)/t17-/m1/s1. The Hall–Kier alpha value is -1.75. The number of nitrogens with zero attached hydrogens (tertiary/aromatic N) is 1. The molecule has 0 radical (unpaired) electrons. The Morgan fingerprint density at radius 1 is 1.16 bits per heavy atom. The Morgan fingerprint density at radius 3 is 2.40 bits per heavy atom. The molecule has 0 saturated carbocycles. The number of halogens is 1. The number of carbonyl (C=O) groups excluding carboxylic acids is 2. The normalized spacial score (nSPS) is 15.8. The largest absolute Gasteiger partial charge is 0.484 e. The number of carbonyl (C=O) groups is 2. The fraction of sp³-hybridized carbons (Fsp3) is 0.579. The fourth-order valence-corrected chi connectivity index (χ4v) is 3.07. The molecule has 1 aromatic carbocycles. The summed E-state index contributed by atoms with van der Waals surface area (Å²) >= 11 is 5.82. The van der Waals surface area contributed by atoms with Crippen LogP contribution in [0, 0.1) is 5.92 Å². The maximum absolute atomic E-state index is 12.7. The molecule has 1 aliphatic heterocycles. The van der Waals surface area contributed by atoms with Gasteiger partial charge in [-0.15, -0.1) is 0 Å². The van der Waals surface area contributed by atoms with Crippen LogP contribution in [-0.4, -0.2) is 42.5 Å². The van der Waals surface area contributed by atoms with Gasteiger partial charge in [-0.1, -0.05) is 25.4 Å². The predicted octanol–water partition coefficient (Wildman–Crippen LogP) is 3.26. The van der Waals surface area contributed by atoms with Gasteiger partial charge in [-0.25, -0.2) is 0 Å².